The lowest BCUT2D eigenvalue weighted by atomic mass is 10.1. The summed E-state index contributed by atoms with van der Waals surface area (Å²) in [6, 6.07) is 10.7. The Labute approximate surface area is 244 Å². The van der Waals surface area contributed by atoms with Crippen LogP contribution >= 0.6 is 23.5 Å². The minimum absolute atomic E-state index is 0.00496. The molecule has 4 heterocycles. The molecule has 2 saturated heterocycles. The number of alkyl halides is 3. The van der Waals surface area contributed by atoms with Gasteiger partial charge in [-0.2, -0.15) is 18.2 Å². The van der Waals surface area contributed by atoms with E-state index >= 15 is 0 Å². The van der Waals surface area contributed by atoms with Crippen molar-refractivity contribution in [3.63, 3.8) is 0 Å². The van der Waals surface area contributed by atoms with Crippen LogP contribution in [0.3, 0.4) is 0 Å². The molecule has 2 unspecified atom stereocenters. The van der Waals surface area contributed by atoms with Crippen LogP contribution in [0.2, 0.25) is 5.02 Å². The first-order valence-electron chi connectivity index (χ1n) is 13.3. The molecule has 1 aliphatic carbocycles. The van der Waals surface area contributed by atoms with Crippen molar-refractivity contribution in [1.29, 1.82) is 0 Å². The zero-order chi connectivity index (χ0) is 29.1. The molecule has 2 atom stereocenters. The van der Waals surface area contributed by atoms with Gasteiger partial charge in [-0.1, -0.05) is 42.3 Å². The van der Waals surface area contributed by atoms with Gasteiger partial charge in [-0.15, -0.1) is 0 Å². The molecule has 3 aromatic rings. The molecular formula is C27H31ClF3N5O4S. The van der Waals surface area contributed by atoms with Crippen molar-refractivity contribution in [1.82, 2.24) is 19.3 Å². The molecule has 2 aliphatic heterocycles. The monoisotopic (exact) mass is 613 g/mol. The van der Waals surface area contributed by atoms with E-state index in [-0.39, 0.29) is 18.8 Å². The molecule has 222 valence electrons. The number of allylic oxidation sites excluding steroid dienone is 1. The van der Waals surface area contributed by atoms with Crippen LogP contribution < -0.4 is 9.64 Å². The lowest BCUT2D eigenvalue weighted by Gasteiger charge is -2.35. The third-order valence-electron chi connectivity index (χ3n) is 6.82. The molecule has 1 aromatic carbocycles. The van der Waals surface area contributed by atoms with Gasteiger partial charge < -0.3 is 29.6 Å². The van der Waals surface area contributed by atoms with Crippen molar-refractivity contribution >= 4 is 40.4 Å². The smallest absolute Gasteiger partial charge is 0.448 e. The molecule has 41 heavy (non-hydrogen) atoms. The normalized spacial score (nSPS) is 21.5. The van der Waals surface area contributed by atoms with Gasteiger partial charge in [0.15, 0.2) is 11.4 Å². The molecule has 0 amide bonds. The van der Waals surface area contributed by atoms with Gasteiger partial charge in [-0.3, -0.25) is 0 Å². The molecule has 0 radical (unpaired) electrons. The Morgan fingerprint density at radius 2 is 1.85 bits per heavy atom. The number of aromatic amines is 1. The van der Waals surface area contributed by atoms with Crippen LogP contribution in [0, 0.1) is 0 Å². The minimum atomic E-state index is -4.64. The van der Waals surface area contributed by atoms with Crippen LogP contribution in [-0.4, -0.2) is 92.5 Å². The Hall–Kier alpha value is -2.71. The highest BCUT2D eigenvalue weighted by atomic mass is 35.5. The number of ether oxygens (including phenoxy) is 2. The topological polar surface area (TPSA) is 107 Å². The number of piperazine rings is 1. The number of fused-ring (bicyclic) bond motifs is 1. The molecule has 3 fully saturated rings. The minimum Gasteiger partial charge on any atom is -0.505 e. The van der Waals surface area contributed by atoms with Gasteiger partial charge in [0.2, 0.25) is 0 Å². The largest absolute Gasteiger partial charge is 0.505 e. The standard InChI is InChI=1S/C24H28ClN5O3S.C3H3F3O/c25-20-12-21-23(28-24(26-21)33-18-11-17(13-31)32-14-18)27-22(20)15-1-3-16(4-2-15)29-7-9-30(10-8-29)34-19-5-6-19;1-2(7)3(4,5)6/h1-4,12,17-19,31H,5-11,13-14H2,(H,26,27,28);7H,1H2. The van der Waals surface area contributed by atoms with Crippen molar-refractivity contribution in [3.05, 3.63) is 47.7 Å². The van der Waals surface area contributed by atoms with E-state index in [4.69, 9.17) is 31.2 Å². The van der Waals surface area contributed by atoms with E-state index in [0.29, 0.717) is 35.4 Å². The first-order valence-corrected chi connectivity index (χ1v) is 14.5. The molecular weight excluding hydrogens is 583 g/mol. The number of H-pyrrole nitrogens is 1. The van der Waals surface area contributed by atoms with Crippen LogP contribution in [0.15, 0.2) is 42.7 Å². The van der Waals surface area contributed by atoms with Crippen molar-refractivity contribution in [3.8, 4) is 17.3 Å². The van der Waals surface area contributed by atoms with Crippen LogP contribution in [-0.2, 0) is 4.74 Å². The number of pyridine rings is 1. The molecule has 0 bridgehead atoms. The SMILES string of the molecule is C=C(O)C(F)(F)F.OCC1CC(Oc2nc3nc(-c4ccc(N5CCN(SC6CC6)CC5)cc4)c(Cl)cc3[nH]2)CO1. The van der Waals surface area contributed by atoms with Crippen molar-refractivity contribution in [2.45, 2.75) is 42.9 Å². The van der Waals surface area contributed by atoms with Crippen LogP contribution in [0.5, 0.6) is 6.01 Å². The predicted octanol–water partition coefficient (Wildman–Crippen LogP) is 5.36. The van der Waals surface area contributed by atoms with E-state index in [2.05, 4.69) is 50.0 Å². The maximum Gasteiger partial charge on any atom is 0.448 e. The molecule has 1 saturated carbocycles. The first kappa shape index (κ1) is 29.8. The molecule has 14 heteroatoms. The van der Waals surface area contributed by atoms with E-state index < -0.39 is 11.9 Å². The lowest BCUT2D eigenvalue weighted by molar-refractivity contribution is -0.119. The summed E-state index contributed by atoms with van der Waals surface area (Å²) >= 11 is 8.64. The molecule has 2 aromatic heterocycles. The summed E-state index contributed by atoms with van der Waals surface area (Å²) in [6.45, 7) is 6.98. The van der Waals surface area contributed by atoms with Gasteiger partial charge in [0, 0.05) is 49.1 Å². The maximum atomic E-state index is 10.8. The number of aliphatic hydroxyl groups excluding tert-OH is 2. The number of benzene rings is 1. The average Bonchev–Trinajstić information content (AvgIpc) is 3.50. The Morgan fingerprint density at radius 1 is 1.17 bits per heavy atom. The highest BCUT2D eigenvalue weighted by molar-refractivity contribution is 7.97. The van der Waals surface area contributed by atoms with Gasteiger partial charge in [0.25, 0.3) is 6.01 Å². The number of hydrogen-bond acceptors (Lipinski definition) is 9. The van der Waals surface area contributed by atoms with E-state index in [1.54, 1.807) is 0 Å². The number of rotatable bonds is 7. The van der Waals surface area contributed by atoms with Gasteiger partial charge >= 0.3 is 6.18 Å². The van der Waals surface area contributed by atoms with Gasteiger partial charge in [0.05, 0.1) is 35.6 Å². The molecule has 9 nitrogen and oxygen atoms in total. The number of aliphatic hydroxyl groups is 2. The average molecular weight is 614 g/mol. The second kappa shape index (κ2) is 12.7. The fourth-order valence-corrected chi connectivity index (χ4v) is 5.86. The third kappa shape index (κ3) is 7.77. The van der Waals surface area contributed by atoms with Crippen molar-refractivity contribution < 1.29 is 32.9 Å². The zero-order valence-corrected chi connectivity index (χ0v) is 23.7. The van der Waals surface area contributed by atoms with E-state index in [0.717, 1.165) is 42.5 Å². The Kier molecular flexibility index (Phi) is 9.19. The fourth-order valence-electron chi connectivity index (χ4n) is 4.46. The molecule has 0 spiro atoms. The second-order valence-corrected chi connectivity index (χ2v) is 11.9. The number of aromatic nitrogens is 3. The van der Waals surface area contributed by atoms with Gasteiger partial charge in [-0.05, 0) is 31.0 Å². The number of nitrogens with one attached hydrogen (secondary N) is 1. The van der Waals surface area contributed by atoms with E-state index in [9.17, 15) is 18.3 Å². The first-order chi connectivity index (χ1) is 19.6. The lowest BCUT2D eigenvalue weighted by Crippen LogP contribution is -2.43. The summed E-state index contributed by atoms with van der Waals surface area (Å²) < 4.78 is 46.4. The number of anilines is 1. The summed E-state index contributed by atoms with van der Waals surface area (Å²) in [5, 5.41) is 18.2. The number of imidazole rings is 1. The molecule has 3 aliphatic rings. The Bertz CT molecular complexity index is 1350. The van der Waals surface area contributed by atoms with Crippen LogP contribution in [0.4, 0.5) is 18.9 Å². The summed E-state index contributed by atoms with van der Waals surface area (Å²) in [5.74, 6) is -1.76. The quantitative estimate of drug-likeness (QED) is 0.240. The highest BCUT2D eigenvalue weighted by Gasteiger charge is 2.31. The highest BCUT2D eigenvalue weighted by Crippen LogP contribution is 2.37. The third-order valence-corrected chi connectivity index (χ3v) is 8.55. The predicted molar refractivity (Wildman–Crippen MR) is 152 cm³/mol. The fraction of sp³-hybridized carbons (Fsp3) is 0.481. The number of hydrogen-bond donors (Lipinski definition) is 3. The Morgan fingerprint density at radius 3 is 2.44 bits per heavy atom. The Balaban J connectivity index is 0.000000431. The van der Waals surface area contributed by atoms with Crippen LogP contribution in [0.1, 0.15) is 19.3 Å². The van der Waals surface area contributed by atoms with Gasteiger partial charge in [-0.25, -0.2) is 9.29 Å². The summed E-state index contributed by atoms with van der Waals surface area (Å²) in [6.07, 6.45) is -1.58. The molecule has 6 rings (SSSR count). The second-order valence-electron chi connectivity index (χ2n) is 10.1. The van der Waals surface area contributed by atoms with E-state index in [1.807, 2.05) is 18.0 Å². The summed E-state index contributed by atoms with van der Waals surface area (Å²) in [4.78, 5) is 14.8. The number of nitrogens with zero attached hydrogens (tertiary/aromatic N) is 4. The summed E-state index contributed by atoms with van der Waals surface area (Å²) in [5.41, 5.74) is 4.17. The van der Waals surface area contributed by atoms with Gasteiger partial charge in [0.1, 0.15) is 6.10 Å². The number of halogens is 4. The molecule has 3 N–H and O–H groups in total. The summed E-state index contributed by atoms with van der Waals surface area (Å²) in [7, 11) is 0. The van der Waals surface area contributed by atoms with Crippen LogP contribution in [0.25, 0.3) is 22.4 Å². The van der Waals surface area contributed by atoms with Crippen molar-refractivity contribution in [2.75, 3.05) is 44.3 Å². The van der Waals surface area contributed by atoms with Crippen molar-refractivity contribution in [2.24, 2.45) is 0 Å². The van der Waals surface area contributed by atoms with E-state index in [1.165, 1.54) is 18.5 Å². The zero-order valence-electron chi connectivity index (χ0n) is 22.1. The maximum absolute atomic E-state index is 10.8.